The molecule has 2 N–H and O–H groups in total. The Morgan fingerprint density at radius 2 is 1.18 bits per heavy atom. The van der Waals surface area contributed by atoms with E-state index in [4.69, 9.17) is 0 Å². The van der Waals surface area contributed by atoms with Gasteiger partial charge in [-0.15, -0.1) is 0 Å². The van der Waals surface area contributed by atoms with Gasteiger partial charge in [-0.3, -0.25) is 9.59 Å². The second-order valence-electron chi connectivity index (χ2n) is 6.83. The smallest absolute Gasteiger partial charge is 0.307 e. The van der Waals surface area contributed by atoms with Gasteiger partial charge in [0.15, 0.2) is 0 Å². The molecule has 28 heavy (non-hydrogen) atoms. The minimum atomic E-state index is -0.167. The van der Waals surface area contributed by atoms with E-state index in [1.54, 1.807) is 0 Å². The van der Waals surface area contributed by atoms with Crippen molar-refractivity contribution in [1.29, 1.82) is 0 Å². The van der Waals surface area contributed by atoms with Gasteiger partial charge in [0.25, 0.3) is 0 Å². The lowest BCUT2D eigenvalue weighted by Gasteiger charge is -2.09. The standard InChI is InChI=1S/2C11H13NO2/c2*1-14-11(13)6-10-9-5-3-2-4-8(9)7-12-10/h2*2-5,10,12H,6-7H2,1H3. The highest BCUT2D eigenvalue weighted by Gasteiger charge is 2.24. The van der Waals surface area contributed by atoms with Crippen LogP contribution in [-0.4, -0.2) is 26.2 Å². The molecule has 0 bridgehead atoms. The number of methoxy groups -OCH3 is 2. The molecule has 2 aliphatic heterocycles. The minimum Gasteiger partial charge on any atom is -0.469 e. The molecule has 0 amide bonds. The first-order chi connectivity index (χ1) is 13.6. The van der Waals surface area contributed by atoms with Crippen LogP contribution in [0.25, 0.3) is 0 Å². The van der Waals surface area contributed by atoms with E-state index >= 15 is 0 Å². The van der Waals surface area contributed by atoms with E-state index in [1.165, 1.54) is 36.5 Å². The predicted octanol–water partition coefficient (Wildman–Crippen LogP) is 2.79. The van der Waals surface area contributed by atoms with Crippen molar-refractivity contribution in [3.8, 4) is 0 Å². The maximum absolute atomic E-state index is 11.1. The number of esters is 2. The summed E-state index contributed by atoms with van der Waals surface area (Å²) in [6.07, 6.45) is 0.820. The number of hydrogen-bond donors (Lipinski definition) is 2. The van der Waals surface area contributed by atoms with E-state index in [-0.39, 0.29) is 24.0 Å². The minimum absolute atomic E-state index is 0.124. The molecular weight excluding hydrogens is 356 g/mol. The fourth-order valence-corrected chi connectivity index (χ4v) is 3.62. The highest BCUT2D eigenvalue weighted by molar-refractivity contribution is 5.71. The van der Waals surface area contributed by atoms with Crippen LogP contribution in [0.4, 0.5) is 0 Å². The molecule has 0 spiro atoms. The fourth-order valence-electron chi connectivity index (χ4n) is 3.62. The van der Waals surface area contributed by atoms with Gasteiger partial charge in [-0.1, -0.05) is 48.5 Å². The number of nitrogens with one attached hydrogen (secondary N) is 2. The summed E-state index contributed by atoms with van der Waals surface area (Å²) in [5.74, 6) is -0.335. The molecule has 0 aliphatic carbocycles. The summed E-state index contributed by atoms with van der Waals surface area (Å²) in [6.45, 7) is 1.69. The van der Waals surface area contributed by atoms with Crippen molar-refractivity contribution in [2.24, 2.45) is 0 Å². The number of fused-ring (bicyclic) bond motifs is 2. The second-order valence-corrected chi connectivity index (χ2v) is 6.83. The monoisotopic (exact) mass is 382 g/mol. The van der Waals surface area contributed by atoms with Crippen LogP contribution in [-0.2, 0) is 32.2 Å². The average Bonchev–Trinajstić information content (AvgIpc) is 3.33. The van der Waals surface area contributed by atoms with Crippen molar-refractivity contribution in [2.45, 2.75) is 38.0 Å². The van der Waals surface area contributed by atoms with Crippen molar-refractivity contribution in [1.82, 2.24) is 10.6 Å². The van der Waals surface area contributed by atoms with Crippen LogP contribution in [0.3, 0.4) is 0 Å². The molecule has 2 aromatic rings. The number of rotatable bonds is 4. The van der Waals surface area contributed by atoms with E-state index in [9.17, 15) is 9.59 Å². The Morgan fingerprint density at radius 3 is 1.57 bits per heavy atom. The van der Waals surface area contributed by atoms with Gasteiger partial charge in [0.05, 0.1) is 27.1 Å². The zero-order chi connectivity index (χ0) is 19.9. The van der Waals surface area contributed by atoms with Crippen LogP contribution in [0.5, 0.6) is 0 Å². The lowest BCUT2D eigenvalue weighted by Crippen LogP contribution is -2.17. The first kappa shape index (κ1) is 20.0. The highest BCUT2D eigenvalue weighted by Crippen LogP contribution is 2.28. The zero-order valence-corrected chi connectivity index (χ0v) is 16.2. The Balaban J connectivity index is 0.000000161. The molecular formula is C22H26N2O4. The average molecular weight is 382 g/mol. The van der Waals surface area contributed by atoms with Gasteiger partial charge in [0.1, 0.15) is 0 Å². The van der Waals surface area contributed by atoms with Crippen LogP contribution in [0.2, 0.25) is 0 Å². The van der Waals surface area contributed by atoms with Crippen LogP contribution in [0.15, 0.2) is 48.5 Å². The Bertz CT molecular complexity index is 767. The molecule has 2 atom stereocenters. The Kier molecular flexibility index (Phi) is 6.79. The van der Waals surface area contributed by atoms with Crippen LogP contribution in [0.1, 0.15) is 47.2 Å². The van der Waals surface area contributed by atoms with Crippen molar-refractivity contribution >= 4 is 11.9 Å². The third kappa shape index (κ3) is 4.77. The highest BCUT2D eigenvalue weighted by atomic mass is 16.5. The van der Waals surface area contributed by atoms with Gasteiger partial charge in [-0.05, 0) is 22.3 Å². The molecule has 0 fully saturated rings. The molecule has 4 rings (SSSR count). The summed E-state index contributed by atoms with van der Waals surface area (Å²) >= 11 is 0. The van der Waals surface area contributed by atoms with Gasteiger partial charge in [-0.2, -0.15) is 0 Å². The summed E-state index contributed by atoms with van der Waals surface area (Å²) in [7, 11) is 2.84. The lowest BCUT2D eigenvalue weighted by molar-refractivity contribution is -0.142. The number of carbonyl (C=O) groups is 2. The van der Waals surface area contributed by atoms with Crippen LogP contribution >= 0.6 is 0 Å². The summed E-state index contributed by atoms with van der Waals surface area (Å²) < 4.78 is 9.30. The topological polar surface area (TPSA) is 76.7 Å². The summed E-state index contributed by atoms with van der Waals surface area (Å²) in [5, 5.41) is 6.57. The first-order valence-electron chi connectivity index (χ1n) is 9.38. The molecule has 0 aromatic heterocycles. The number of ether oxygens (including phenoxy) is 2. The third-order valence-corrected chi connectivity index (χ3v) is 5.14. The molecule has 6 heteroatoms. The maximum Gasteiger partial charge on any atom is 0.307 e. The van der Waals surface area contributed by atoms with E-state index in [0.717, 1.165) is 13.1 Å². The second kappa shape index (κ2) is 9.48. The SMILES string of the molecule is COC(=O)CC1NCc2ccccc21.COC(=O)CC1NCc2ccccc21. The Labute approximate surface area is 165 Å². The molecule has 0 saturated heterocycles. The summed E-state index contributed by atoms with van der Waals surface area (Å²) in [5.41, 5.74) is 5.00. The number of hydrogen-bond acceptors (Lipinski definition) is 6. The van der Waals surface area contributed by atoms with Crippen molar-refractivity contribution in [3.63, 3.8) is 0 Å². The summed E-state index contributed by atoms with van der Waals surface area (Å²) in [4.78, 5) is 22.2. The Morgan fingerprint density at radius 1 is 0.786 bits per heavy atom. The van der Waals surface area contributed by atoms with Gasteiger partial charge >= 0.3 is 11.9 Å². The molecule has 2 unspecified atom stereocenters. The Hall–Kier alpha value is -2.70. The molecule has 148 valence electrons. The normalized spacial score (nSPS) is 19.1. The van der Waals surface area contributed by atoms with Crippen LogP contribution in [0, 0.1) is 0 Å². The van der Waals surface area contributed by atoms with Gasteiger partial charge in [0, 0.05) is 25.2 Å². The predicted molar refractivity (Wildman–Crippen MR) is 105 cm³/mol. The quantitative estimate of drug-likeness (QED) is 0.792. The van der Waals surface area contributed by atoms with Gasteiger partial charge in [-0.25, -0.2) is 0 Å². The van der Waals surface area contributed by atoms with E-state index in [1.807, 2.05) is 24.3 Å². The number of carbonyl (C=O) groups excluding carboxylic acids is 2. The van der Waals surface area contributed by atoms with Crippen molar-refractivity contribution in [3.05, 3.63) is 70.8 Å². The maximum atomic E-state index is 11.1. The van der Waals surface area contributed by atoms with Crippen LogP contribution < -0.4 is 10.6 Å². The molecule has 6 nitrogen and oxygen atoms in total. The van der Waals surface area contributed by atoms with Crippen molar-refractivity contribution in [2.75, 3.05) is 14.2 Å². The van der Waals surface area contributed by atoms with E-state index in [0.29, 0.717) is 12.8 Å². The number of benzene rings is 2. The van der Waals surface area contributed by atoms with Crippen molar-refractivity contribution < 1.29 is 19.1 Å². The first-order valence-corrected chi connectivity index (χ1v) is 9.38. The molecule has 2 aliphatic rings. The zero-order valence-electron chi connectivity index (χ0n) is 16.2. The van der Waals surface area contributed by atoms with Gasteiger partial charge in [0.2, 0.25) is 0 Å². The lowest BCUT2D eigenvalue weighted by atomic mass is 10.0. The third-order valence-electron chi connectivity index (χ3n) is 5.14. The molecule has 0 radical (unpaired) electrons. The molecule has 2 heterocycles. The van der Waals surface area contributed by atoms with E-state index in [2.05, 4.69) is 44.4 Å². The molecule has 0 saturated carbocycles. The van der Waals surface area contributed by atoms with E-state index < -0.39 is 0 Å². The summed E-state index contributed by atoms with van der Waals surface area (Å²) in [6, 6.07) is 16.6. The molecule has 2 aromatic carbocycles. The largest absolute Gasteiger partial charge is 0.469 e. The van der Waals surface area contributed by atoms with Gasteiger partial charge < -0.3 is 20.1 Å². The fraction of sp³-hybridized carbons (Fsp3) is 0.364.